The summed E-state index contributed by atoms with van der Waals surface area (Å²) in [6, 6.07) is 0. The second-order valence-corrected chi connectivity index (χ2v) is 6.99. The fourth-order valence-electron chi connectivity index (χ4n) is 3.17. The zero-order chi connectivity index (χ0) is 20.9. The minimum atomic E-state index is -0.963. The van der Waals surface area contributed by atoms with E-state index in [0.717, 1.165) is 13.0 Å². The van der Waals surface area contributed by atoms with Gasteiger partial charge in [0.1, 0.15) is 0 Å². The highest BCUT2D eigenvalue weighted by molar-refractivity contribution is 5.69. The van der Waals surface area contributed by atoms with Gasteiger partial charge in [0.15, 0.2) is 0 Å². The van der Waals surface area contributed by atoms with Gasteiger partial charge in [-0.3, -0.25) is 29.1 Å². The Morgan fingerprint density at radius 3 is 1.14 bits per heavy atom. The summed E-state index contributed by atoms with van der Waals surface area (Å²) in [7, 11) is 0. The molecule has 0 aromatic carbocycles. The van der Waals surface area contributed by atoms with Crippen molar-refractivity contribution in [3.05, 3.63) is 0 Å². The molecule has 162 valence electrons. The summed E-state index contributed by atoms with van der Waals surface area (Å²) in [5, 5.41) is 27.4. The summed E-state index contributed by atoms with van der Waals surface area (Å²) in [6.45, 7) is 5.01. The van der Waals surface area contributed by atoms with Crippen molar-refractivity contribution in [3.8, 4) is 0 Å². The fourth-order valence-corrected chi connectivity index (χ4v) is 3.17. The Morgan fingerprint density at radius 2 is 0.893 bits per heavy atom. The van der Waals surface area contributed by atoms with E-state index in [1.165, 1.54) is 0 Å². The standard InChI is InChI=1S/C17H33N5O6/c18-2-1-3-19-4-6-20(12-15(23)24)8-10-22(14-17(27)28)11-9-21(7-5-19)13-16(25)26/h1-14,18H2,(H,23,24)(H,25,26)(H,27,28). The van der Waals surface area contributed by atoms with Gasteiger partial charge in [-0.1, -0.05) is 0 Å². The van der Waals surface area contributed by atoms with Gasteiger partial charge in [-0.2, -0.15) is 0 Å². The van der Waals surface area contributed by atoms with E-state index in [0.29, 0.717) is 58.9 Å². The first-order valence-electron chi connectivity index (χ1n) is 9.55. The zero-order valence-electron chi connectivity index (χ0n) is 16.3. The van der Waals surface area contributed by atoms with Gasteiger partial charge in [-0.25, -0.2) is 0 Å². The fraction of sp³-hybridized carbons (Fsp3) is 0.824. The van der Waals surface area contributed by atoms with Crippen molar-refractivity contribution in [1.82, 2.24) is 19.6 Å². The lowest BCUT2D eigenvalue weighted by molar-refractivity contribution is -0.140. The minimum absolute atomic E-state index is 0.100. The number of nitrogens with zero attached hydrogens (tertiary/aromatic N) is 4. The highest BCUT2D eigenvalue weighted by atomic mass is 16.4. The second kappa shape index (κ2) is 13.4. The number of hydrogen-bond donors (Lipinski definition) is 4. The first kappa shape index (κ1) is 24.2. The number of hydrogen-bond acceptors (Lipinski definition) is 8. The first-order chi connectivity index (χ1) is 13.3. The lowest BCUT2D eigenvalue weighted by Gasteiger charge is -2.33. The van der Waals surface area contributed by atoms with Crippen molar-refractivity contribution in [2.75, 3.05) is 85.1 Å². The van der Waals surface area contributed by atoms with Crippen molar-refractivity contribution < 1.29 is 29.7 Å². The van der Waals surface area contributed by atoms with Crippen LogP contribution >= 0.6 is 0 Å². The van der Waals surface area contributed by atoms with Crippen molar-refractivity contribution in [3.63, 3.8) is 0 Å². The van der Waals surface area contributed by atoms with E-state index >= 15 is 0 Å². The highest BCUT2D eigenvalue weighted by Gasteiger charge is 2.19. The third kappa shape index (κ3) is 11.1. The summed E-state index contributed by atoms with van der Waals surface area (Å²) in [5.74, 6) is -2.80. The Hall–Kier alpha value is -1.79. The molecule has 11 nitrogen and oxygen atoms in total. The van der Waals surface area contributed by atoms with Gasteiger partial charge in [0.2, 0.25) is 0 Å². The largest absolute Gasteiger partial charge is 0.480 e. The van der Waals surface area contributed by atoms with Crippen molar-refractivity contribution in [2.45, 2.75) is 6.42 Å². The number of carbonyl (C=O) groups is 3. The molecular formula is C17H33N5O6. The van der Waals surface area contributed by atoms with Gasteiger partial charge in [0.05, 0.1) is 19.6 Å². The van der Waals surface area contributed by atoms with Gasteiger partial charge in [0, 0.05) is 52.4 Å². The molecule has 0 atom stereocenters. The van der Waals surface area contributed by atoms with E-state index in [4.69, 9.17) is 21.1 Å². The van der Waals surface area contributed by atoms with Crippen molar-refractivity contribution >= 4 is 17.9 Å². The molecule has 0 aromatic rings. The third-order valence-corrected chi connectivity index (χ3v) is 4.68. The molecule has 1 rings (SSSR count). The molecule has 0 saturated carbocycles. The van der Waals surface area contributed by atoms with Crippen LogP contribution in [-0.4, -0.2) is 138 Å². The maximum Gasteiger partial charge on any atom is 0.317 e. The molecule has 1 saturated heterocycles. The maximum atomic E-state index is 11.2. The van der Waals surface area contributed by atoms with Crippen LogP contribution in [0.3, 0.4) is 0 Å². The number of nitrogens with two attached hydrogens (primary N) is 1. The summed E-state index contributed by atoms with van der Waals surface area (Å²) < 4.78 is 0. The first-order valence-corrected chi connectivity index (χ1v) is 9.55. The molecule has 0 amide bonds. The quantitative estimate of drug-likeness (QED) is 0.332. The van der Waals surface area contributed by atoms with Crippen LogP contribution in [-0.2, 0) is 14.4 Å². The van der Waals surface area contributed by atoms with E-state index in [2.05, 4.69) is 4.90 Å². The van der Waals surface area contributed by atoms with E-state index in [9.17, 15) is 14.4 Å². The predicted molar refractivity (Wildman–Crippen MR) is 102 cm³/mol. The Bertz CT molecular complexity index is 474. The SMILES string of the molecule is NCCCN1CCN(CC(=O)O)CCN(CC(=O)O)CCN(CC(=O)O)CC1. The van der Waals surface area contributed by atoms with E-state index in [1.54, 1.807) is 4.90 Å². The Morgan fingerprint density at radius 1 is 0.607 bits per heavy atom. The normalized spacial score (nSPS) is 19.6. The van der Waals surface area contributed by atoms with Crippen LogP contribution in [0.5, 0.6) is 0 Å². The molecule has 11 heteroatoms. The lowest BCUT2D eigenvalue weighted by Crippen LogP contribution is -2.48. The summed E-state index contributed by atoms with van der Waals surface area (Å²) in [5.41, 5.74) is 5.60. The molecule has 1 aliphatic heterocycles. The van der Waals surface area contributed by atoms with Gasteiger partial charge < -0.3 is 26.0 Å². The number of rotatable bonds is 9. The van der Waals surface area contributed by atoms with Crippen LogP contribution in [0.1, 0.15) is 6.42 Å². The van der Waals surface area contributed by atoms with Gasteiger partial charge >= 0.3 is 17.9 Å². The number of carboxylic acid groups (broad SMARTS) is 3. The number of aliphatic carboxylic acids is 3. The maximum absolute atomic E-state index is 11.2. The summed E-state index contributed by atoms with van der Waals surface area (Å²) in [4.78, 5) is 41.0. The van der Waals surface area contributed by atoms with Gasteiger partial charge in [0.25, 0.3) is 0 Å². The van der Waals surface area contributed by atoms with Crippen LogP contribution in [0.25, 0.3) is 0 Å². The topological polar surface area (TPSA) is 151 Å². The average Bonchev–Trinajstić information content (AvgIpc) is 2.59. The zero-order valence-corrected chi connectivity index (χ0v) is 16.3. The van der Waals surface area contributed by atoms with Gasteiger partial charge in [-0.05, 0) is 19.5 Å². The lowest BCUT2D eigenvalue weighted by atomic mass is 10.3. The van der Waals surface area contributed by atoms with E-state index in [1.807, 2.05) is 9.80 Å². The van der Waals surface area contributed by atoms with Crippen LogP contribution < -0.4 is 5.73 Å². The second-order valence-electron chi connectivity index (χ2n) is 6.99. The van der Waals surface area contributed by atoms with Crippen molar-refractivity contribution in [1.29, 1.82) is 0 Å². The van der Waals surface area contributed by atoms with E-state index < -0.39 is 17.9 Å². The molecule has 0 unspecified atom stereocenters. The molecular weight excluding hydrogens is 370 g/mol. The predicted octanol–water partition coefficient (Wildman–Crippen LogP) is -2.19. The van der Waals surface area contributed by atoms with Gasteiger partial charge in [-0.15, -0.1) is 0 Å². The third-order valence-electron chi connectivity index (χ3n) is 4.68. The molecule has 28 heavy (non-hydrogen) atoms. The molecule has 1 fully saturated rings. The molecule has 0 bridgehead atoms. The number of carboxylic acids is 3. The molecule has 0 spiro atoms. The monoisotopic (exact) mass is 403 g/mol. The summed E-state index contributed by atoms with van der Waals surface area (Å²) in [6.07, 6.45) is 0.810. The Kier molecular flexibility index (Phi) is 11.6. The van der Waals surface area contributed by atoms with Crippen LogP contribution in [0.2, 0.25) is 0 Å². The Labute approximate surface area is 165 Å². The molecule has 1 aliphatic rings. The molecule has 0 aliphatic carbocycles. The van der Waals surface area contributed by atoms with E-state index in [-0.39, 0.29) is 19.6 Å². The average molecular weight is 403 g/mol. The smallest absolute Gasteiger partial charge is 0.317 e. The molecule has 0 radical (unpaired) electrons. The highest BCUT2D eigenvalue weighted by Crippen LogP contribution is 2.02. The van der Waals surface area contributed by atoms with Crippen LogP contribution in [0.4, 0.5) is 0 Å². The van der Waals surface area contributed by atoms with Crippen LogP contribution in [0.15, 0.2) is 0 Å². The summed E-state index contributed by atoms with van der Waals surface area (Å²) >= 11 is 0. The molecule has 5 N–H and O–H groups in total. The Balaban J connectivity index is 2.86. The molecule has 1 heterocycles. The van der Waals surface area contributed by atoms with Crippen molar-refractivity contribution in [2.24, 2.45) is 5.73 Å². The minimum Gasteiger partial charge on any atom is -0.480 e. The van der Waals surface area contributed by atoms with Crippen LogP contribution in [0, 0.1) is 0 Å². The molecule has 0 aromatic heterocycles.